The molecule has 2 aromatic rings. The minimum atomic E-state index is -1.07. The SMILES string of the molecule is CC(=O)N1CCCC[C@H]1C(=O)OC(CCc1cccnc1)c1cccc(OCC(=O)O)c1. The molecular weight excluding hydrogens is 412 g/mol. The number of esters is 1. The highest BCUT2D eigenvalue weighted by Gasteiger charge is 2.33. The number of amides is 1. The van der Waals surface area contributed by atoms with Crippen molar-refractivity contribution in [3.63, 3.8) is 0 Å². The van der Waals surface area contributed by atoms with Gasteiger partial charge in [-0.1, -0.05) is 18.2 Å². The van der Waals surface area contributed by atoms with Crippen LogP contribution in [-0.2, 0) is 25.5 Å². The van der Waals surface area contributed by atoms with Gasteiger partial charge in [-0.2, -0.15) is 0 Å². The summed E-state index contributed by atoms with van der Waals surface area (Å²) in [5, 5.41) is 8.86. The van der Waals surface area contributed by atoms with E-state index in [2.05, 4.69) is 4.98 Å². The number of aryl methyl sites for hydroxylation is 1. The van der Waals surface area contributed by atoms with Gasteiger partial charge in [-0.15, -0.1) is 0 Å². The molecule has 170 valence electrons. The van der Waals surface area contributed by atoms with Gasteiger partial charge in [0, 0.05) is 25.9 Å². The van der Waals surface area contributed by atoms with Crippen molar-refractivity contribution in [3.8, 4) is 5.75 Å². The van der Waals surface area contributed by atoms with Crippen LogP contribution >= 0.6 is 0 Å². The summed E-state index contributed by atoms with van der Waals surface area (Å²) in [5.74, 6) is -1.25. The quantitative estimate of drug-likeness (QED) is 0.597. The molecule has 2 heterocycles. The molecule has 1 fully saturated rings. The first-order valence-electron chi connectivity index (χ1n) is 10.7. The summed E-state index contributed by atoms with van der Waals surface area (Å²) < 4.78 is 11.2. The van der Waals surface area contributed by atoms with Gasteiger partial charge in [-0.25, -0.2) is 9.59 Å². The number of likely N-dealkylation sites (tertiary alicyclic amines) is 1. The number of piperidine rings is 1. The molecule has 1 aromatic heterocycles. The van der Waals surface area contributed by atoms with E-state index < -0.39 is 30.7 Å². The van der Waals surface area contributed by atoms with Crippen LogP contribution in [-0.4, -0.2) is 52.0 Å². The van der Waals surface area contributed by atoms with Crippen molar-refractivity contribution < 1.29 is 29.0 Å². The molecule has 8 heteroatoms. The molecule has 0 saturated carbocycles. The number of hydrogen-bond donors (Lipinski definition) is 1. The molecule has 1 aliphatic heterocycles. The van der Waals surface area contributed by atoms with Gasteiger partial charge in [0.25, 0.3) is 0 Å². The van der Waals surface area contributed by atoms with E-state index in [9.17, 15) is 14.4 Å². The predicted octanol–water partition coefficient (Wildman–Crippen LogP) is 3.16. The van der Waals surface area contributed by atoms with Crippen LogP contribution in [0.5, 0.6) is 5.75 Å². The monoisotopic (exact) mass is 440 g/mol. The maximum atomic E-state index is 13.1. The zero-order chi connectivity index (χ0) is 22.9. The standard InChI is InChI=1S/C24H28N2O6/c1-17(27)26-13-3-2-9-21(26)24(30)32-22(11-10-18-6-5-12-25-15-18)19-7-4-8-20(14-19)31-16-23(28)29/h4-8,12,14-15,21-22H,2-3,9-11,13,16H2,1H3,(H,28,29)/t21-,22?/m0/s1. The third-order valence-electron chi connectivity index (χ3n) is 5.45. The Morgan fingerprint density at radius 1 is 1.22 bits per heavy atom. The minimum absolute atomic E-state index is 0.136. The van der Waals surface area contributed by atoms with Crippen molar-refractivity contribution in [1.82, 2.24) is 9.88 Å². The van der Waals surface area contributed by atoms with E-state index >= 15 is 0 Å². The Labute approximate surface area is 187 Å². The second kappa shape index (κ2) is 11.3. The molecule has 1 saturated heterocycles. The van der Waals surface area contributed by atoms with E-state index in [0.717, 1.165) is 18.4 Å². The number of rotatable bonds is 9. The van der Waals surface area contributed by atoms with Crippen LogP contribution in [0.15, 0.2) is 48.8 Å². The van der Waals surface area contributed by atoms with Crippen molar-refractivity contribution in [2.24, 2.45) is 0 Å². The highest BCUT2D eigenvalue weighted by molar-refractivity contribution is 5.83. The number of nitrogens with zero attached hydrogens (tertiary/aromatic N) is 2. The Hall–Kier alpha value is -3.42. The Morgan fingerprint density at radius 2 is 2.06 bits per heavy atom. The first-order chi connectivity index (χ1) is 15.4. The lowest BCUT2D eigenvalue weighted by Gasteiger charge is -2.34. The van der Waals surface area contributed by atoms with Crippen molar-refractivity contribution in [2.45, 2.75) is 51.2 Å². The van der Waals surface area contributed by atoms with E-state index in [-0.39, 0.29) is 5.91 Å². The number of benzene rings is 1. The summed E-state index contributed by atoms with van der Waals surface area (Å²) >= 11 is 0. The fourth-order valence-electron chi connectivity index (χ4n) is 3.86. The molecule has 1 amide bonds. The lowest BCUT2D eigenvalue weighted by molar-refractivity contribution is -0.161. The summed E-state index contributed by atoms with van der Waals surface area (Å²) in [6.45, 7) is 1.56. The van der Waals surface area contributed by atoms with Crippen LogP contribution in [0.2, 0.25) is 0 Å². The van der Waals surface area contributed by atoms with Gasteiger partial charge in [-0.05, 0) is 61.4 Å². The Balaban J connectivity index is 1.78. The first kappa shape index (κ1) is 23.2. The molecule has 1 aliphatic rings. The first-order valence-corrected chi connectivity index (χ1v) is 10.7. The van der Waals surface area contributed by atoms with Crippen LogP contribution in [0.4, 0.5) is 0 Å². The number of carbonyl (C=O) groups excluding carboxylic acids is 2. The highest BCUT2D eigenvalue weighted by Crippen LogP contribution is 2.29. The topological polar surface area (TPSA) is 106 Å². The van der Waals surface area contributed by atoms with Gasteiger partial charge in [-0.3, -0.25) is 9.78 Å². The normalized spacial score (nSPS) is 16.8. The number of carboxylic acid groups (broad SMARTS) is 1. The Kier molecular flexibility index (Phi) is 8.19. The smallest absolute Gasteiger partial charge is 0.341 e. The number of carboxylic acids is 1. The van der Waals surface area contributed by atoms with Crippen molar-refractivity contribution in [3.05, 3.63) is 59.9 Å². The van der Waals surface area contributed by atoms with E-state index in [0.29, 0.717) is 37.1 Å². The summed E-state index contributed by atoms with van der Waals surface area (Å²) in [5.41, 5.74) is 1.71. The largest absolute Gasteiger partial charge is 0.482 e. The molecule has 2 atom stereocenters. The van der Waals surface area contributed by atoms with Crippen molar-refractivity contribution in [2.75, 3.05) is 13.2 Å². The number of carbonyl (C=O) groups is 3. The molecule has 0 bridgehead atoms. The fourth-order valence-corrected chi connectivity index (χ4v) is 3.86. The predicted molar refractivity (Wildman–Crippen MR) is 116 cm³/mol. The average Bonchev–Trinajstić information content (AvgIpc) is 2.81. The van der Waals surface area contributed by atoms with Crippen molar-refractivity contribution in [1.29, 1.82) is 0 Å². The molecule has 8 nitrogen and oxygen atoms in total. The lowest BCUT2D eigenvalue weighted by atomic mass is 10.00. The summed E-state index contributed by atoms with van der Waals surface area (Å²) in [7, 11) is 0. The van der Waals surface area contributed by atoms with Crippen LogP contribution in [0.1, 0.15) is 49.8 Å². The van der Waals surface area contributed by atoms with E-state index in [1.54, 1.807) is 35.5 Å². The van der Waals surface area contributed by atoms with Crippen molar-refractivity contribution >= 4 is 17.8 Å². The van der Waals surface area contributed by atoms with Crippen LogP contribution in [0.25, 0.3) is 0 Å². The Bertz CT molecular complexity index is 933. The molecule has 0 radical (unpaired) electrons. The summed E-state index contributed by atoms with van der Waals surface area (Å²) in [6.07, 6.45) is 6.34. The van der Waals surface area contributed by atoms with Gasteiger partial charge >= 0.3 is 11.9 Å². The third kappa shape index (κ3) is 6.54. The summed E-state index contributed by atoms with van der Waals surface area (Å²) in [4.78, 5) is 41.6. The molecule has 32 heavy (non-hydrogen) atoms. The highest BCUT2D eigenvalue weighted by atomic mass is 16.5. The molecule has 1 aromatic carbocycles. The minimum Gasteiger partial charge on any atom is -0.482 e. The number of aromatic nitrogens is 1. The van der Waals surface area contributed by atoms with E-state index in [4.69, 9.17) is 14.6 Å². The van der Waals surface area contributed by atoms with Gasteiger partial charge in [0.05, 0.1) is 0 Å². The average molecular weight is 440 g/mol. The molecule has 1 N–H and O–H groups in total. The van der Waals surface area contributed by atoms with E-state index in [1.807, 2.05) is 18.2 Å². The Morgan fingerprint density at radius 3 is 2.78 bits per heavy atom. The maximum Gasteiger partial charge on any atom is 0.341 e. The molecular formula is C24H28N2O6. The fraction of sp³-hybridized carbons (Fsp3) is 0.417. The maximum absolute atomic E-state index is 13.1. The molecule has 0 aliphatic carbocycles. The van der Waals surface area contributed by atoms with Crippen LogP contribution in [0, 0.1) is 0 Å². The summed E-state index contributed by atoms with van der Waals surface area (Å²) in [6, 6.07) is 10.1. The third-order valence-corrected chi connectivity index (χ3v) is 5.45. The zero-order valence-electron chi connectivity index (χ0n) is 18.1. The zero-order valence-corrected chi connectivity index (χ0v) is 18.1. The van der Waals surface area contributed by atoms with Gasteiger partial charge in [0.1, 0.15) is 17.9 Å². The molecule has 0 spiro atoms. The number of aliphatic carboxylic acids is 1. The second-order valence-electron chi connectivity index (χ2n) is 7.80. The van der Waals surface area contributed by atoms with E-state index in [1.165, 1.54) is 6.92 Å². The lowest BCUT2D eigenvalue weighted by Crippen LogP contribution is -2.48. The van der Waals surface area contributed by atoms with Gasteiger partial charge in [0.2, 0.25) is 5.91 Å². The van der Waals surface area contributed by atoms with Gasteiger partial charge in [0.15, 0.2) is 6.61 Å². The second-order valence-corrected chi connectivity index (χ2v) is 7.80. The van der Waals surface area contributed by atoms with Gasteiger partial charge < -0.3 is 19.5 Å². The number of pyridine rings is 1. The molecule has 1 unspecified atom stereocenters. The van der Waals surface area contributed by atoms with Crippen LogP contribution in [0.3, 0.4) is 0 Å². The number of ether oxygens (including phenoxy) is 2. The molecule has 3 rings (SSSR count). The number of hydrogen-bond acceptors (Lipinski definition) is 6. The van der Waals surface area contributed by atoms with Crippen LogP contribution < -0.4 is 4.74 Å².